The number of hydrogen-bond donors (Lipinski definition) is 2. The third-order valence-electron chi connectivity index (χ3n) is 2.92. The lowest BCUT2D eigenvalue weighted by molar-refractivity contribution is 0.102. The SMILES string of the molecule is CCc1cc(C#CCN)ccc1NC(=O)c1ccnnc1. The van der Waals surface area contributed by atoms with Gasteiger partial charge in [-0.05, 0) is 36.2 Å². The molecule has 0 fully saturated rings. The molecule has 0 unspecified atom stereocenters. The molecule has 1 aromatic heterocycles. The van der Waals surface area contributed by atoms with Crippen LogP contribution in [0.5, 0.6) is 0 Å². The average molecular weight is 280 g/mol. The monoisotopic (exact) mass is 280 g/mol. The summed E-state index contributed by atoms with van der Waals surface area (Å²) in [4.78, 5) is 12.1. The van der Waals surface area contributed by atoms with Gasteiger partial charge in [0.05, 0.1) is 24.5 Å². The molecule has 0 radical (unpaired) electrons. The number of amides is 1. The zero-order chi connectivity index (χ0) is 15.1. The van der Waals surface area contributed by atoms with Gasteiger partial charge in [-0.25, -0.2) is 0 Å². The number of rotatable bonds is 3. The van der Waals surface area contributed by atoms with Crippen molar-refractivity contribution in [3.8, 4) is 11.8 Å². The molecular weight excluding hydrogens is 264 g/mol. The predicted molar refractivity (Wildman–Crippen MR) is 81.7 cm³/mol. The molecule has 3 N–H and O–H groups in total. The molecule has 0 saturated heterocycles. The highest BCUT2D eigenvalue weighted by atomic mass is 16.1. The Bertz CT molecular complexity index is 686. The molecule has 0 aliphatic heterocycles. The normalized spacial score (nSPS) is 9.62. The number of carbonyl (C=O) groups excluding carboxylic acids is 1. The van der Waals surface area contributed by atoms with E-state index in [1.807, 2.05) is 25.1 Å². The predicted octanol–water partition coefficient (Wildman–Crippen LogP) is 1.60. The highest BCUT2D eigenvalue weighted by Crippen LogP contribution is 2.18. The second-order valence-corrected chi connectivity index (χ2v) is 4.32. The van der Waals surface area contributed by atoms with Crippen LogP contribution in [0.4, 0.5) is 5.69 Å². The Balaban J connectivity index is 2.22. The molecular formula is C16H16N4O. The Kier molecular flexibility index (Phi) is 5.02. The fourth-order valence-electron chi connectivity index (χ4n) is 1.86. The number of nitrogens with two attached hydrogens (primary N) is 1. The third-order valence-corrected chi connectivity index (χ3v) is 2.92. The minimum atomic E-state index is -0.208. The van der Waals surface area contributed by atoms with Crippen molar-refractivity contribution in [2.45, 2.75) is 13.3 Å². The molecule has 1 aromatic carbocycles. The van der Waals surface area contributed by atoms with Crippen molar-refractivity contribution >= 4 is 11.6 Å². The number of hydrogen-bond acceptors (Lipinski definition) is 4. The van der Waals surface area contributed by atoms with Gasteiger partial charge in [0.1, 0.15) is 0 Å². The number of benzene rings is 1. The van der Waals surface area contributed by atoms with E-state index in [2.05, 4.69) is 27.4 Å². The van der Waals surface area contributed by atoms with Crippen molar-refractivity contribution < 1.29 is 4.79 Å². The van der Waals surface area contributed by atoms with Crippen LogP contribution in [0.25, 0.3) is 0 Å². The maximum atomic E-state index is 12.1. The number of carbonyl (C=O) groups is 1. The van der Waals surface area contributed by atoms with E-state index in [4.69, 9.17) is 5.73 Å². The summed E-state index contributed by atoms with van der Waals surface area (Å²) in [7, 11) is 0. The van der Waals surface area contributed by atoms with E-state index in [-0.39, 0.29) is 5.91 Å². The molecule has 1 amide bonds. The van der Waals surface area contributed by atoms with Gasteiger partial charge >= 0.3 is 0 Å². The first-order valence-corrected chi connectivity index (χ1v) is 6.64. The number of aromatic nitrogens is 2. The Morgan fingerprint density at radius 2 is 2.19 bits per heavy atom. The van der Waals surface area contributed by atoms with Gasteiger partial charge in [0.25, 0.3) is 5.91 Å². The first-order chi connectivity index (χ1) is 10.2. The van der Waals surface area contributed by atoms with Gasteiger partial charge in [-0.15, -0.1) is 0 Å². The molecule has 0 aliphatic carbocycles. The molecule has 5 heteroatoms. The largest absolute Gasteiger partial charge is 0.322 e. The fourth-order valence-corrected chi connectivity index (χ4v) is 1.86. The van der Waals surface area contributed by atoms with Crippen LogP contribution < -0.4 is 11.1 Å². The second kappa shape index (κ2) is 7.17. The zero-order valence-electron chi connectivity index (χ0n) is 11.8. The standard InChI is InChI=1S/C16H16N4O/c1-2-13-10-12(4-3-8-17)5-6-15(13)20-16(21)14-7-9-18-19-11-14/h5-7,9-11H,2,8,17H2,1H3,(H,20,21). The topological polar surface area (TPSA) is 80.9 Å². The van der Waals surface area contributed by atoms with Crippen LogP contribution in [0, 0.1) is 11.8 Å². The van der Waals surface area contributed by atoms with E-state index in [0.29, 0.717) is 12.1 Å². The molecule has 0 bridgehead atoms. The summed E-state index contributed by atoms with van der Waals surface area (Å²) >= 11 is 0. The van der Waals surface area contributed by atoms with Gasteiger partial charge in [-0.1, -0.05) is 18.8 Å². The lowest BCUT2D eigenvalue weighted by Gasteiger charge is -2.10. The average Bonchev–Trinajstić information content (AvgIpc) is 2.54. The first kappa shape index (κ1) is 14.7. The molecule has 2 rings (SSSR count). The van der Waals surface area contributed by atoms with Crippen LogP contribution in [0.1, 0.15) is 28.4 Å². The first-order valence-electron chi connectivity index (χ1n) is 6.64. The minimum Gasteiger partial charge on any atom is -0.322 e. The van der Waals surface area contributed by atoms with E-state index in [9.17, 15) is 4.79 Å². The van der Waals surface area contributed by atoms with E-state index in [1.165, 1.54) is 12.4 Å². The molecule has 0 atom stereocenters. The molecule has 21 heavy (non-hydrogen) atoms. The van der Waals surface area contributed by atoms with Crippen molar-refractivity contribution in [1.82, 2.24) is 10.2 Å². The molecule has 0 spiro atoms. The quantitative estimate of drug-likeness (QED) is 0.837. The van der Waals surface area contributed by atoms with Gasteiger partial charge in [0.15, 0.2) is 0 Å². The number of anilines is 1. The zero-order valence-corrected chi connectivity index (χ0v) is 11.8. The molecule has 0 aliphatic rings. The van der Waals surface area contributed by atoms with Crippen LogP contribution >= 0.6 is 0 Å². The van der Waals surface area contributed by atoms with Crippen LogP contribution in [0.3, 0.4) is 0 Å². The Morgan fingerprint density at radius 3 is 2.86 bits per heavy atom. The second-order valence-electron chi connectivity index (χ2n) is 4.32. The summed E-state index contributed by atoms with van der Waals surface area (Å²) in [6.07, 6.45) is 3.71. The summed E-state index contributed by atoms with van der Waals surface area (Å²) in [6.45, 7) is 2.36. The van der Waals surface area contributed by atoms with E-state index >= 15 is 0 Å². The van der Waals surface area contributed by atoms with Crippen LogP contribution in [0.15, 0.2) is 36.7 Å². The molecule has 5 nitrogen and oxygen atoms in total. The van der Waals surface area contributed by atoms with Crippen molar-refractivity contribution in [3.63, 3.8) is 0 Å². The summed E-state index contributed by atoms with van der Waals surface area (Å²) in [5.74, 6) is 5.59. The molecule has 2 aromatic rings. The summed E-state index contributed by atoms with van der Waals surface area (Å²) in [5, 5.41) is 10.2. The van der Waals surface area contributed by atoms with Gasteiger partial charge in [0.2, 0.25) is 0 Å². The summed E-state index contributed by atoms with van der Waals surface area (Å²) in [5.41, 5.74) is 8.52. The van der Waals surface area contributed by atoms with Gasteiger partial charge in [-0.2, -0.15) is 10.2 Å². The maximum Gasteiger partial charge on any atom is 0.257 e. The highest BCUT2D eigenvalue weighted by molar-refractivity contribution is 6.04. The van der Waals surface area contributed by atoms with Crippen LogP contribution in [-0.4, -0.2) is 22.6 Å². The van der Waals surface area contributed by atoms with E-state index in [0.717, 1.165) is 23.2 Å². The molecule has 0 saturated carbocycles. The van der Waals surface area contributed by atoms with Gasteiger partial charge in [0, 0.05) is 11.3 Å². The lowest BCUT2D eigenvalue weighted by atomic mass is 10.1. The Labute approximate surface area is 123 Å². The minimum absolute atomic E-state index is 0.208. The Hall–Kier alpha value is -2.71. The third kappa shape index (κ3) is 3.88. The lowest BCUT2D eigenvalue weighted by Crippen LogP contribution is -2.13. The maximum absolute atomic E-state index is 12.1. The smallest absolute Gasteiger partial charge is 0.257 e. The molecule has 106 valence electrons. The fraction of sp³-hybridized carbons (Fsp3) is 0.188. The molecule has 1 heterocycles. The van der Waals surface area contributed by atoms with Crippen molar-refractivity contribution in [1.29, 1.82) is 0 Å². The summed E-state index contributed by atoms with van der Waals surface area (Å²) in [6, 6.07) is 7.30. The van der Waals surface area contributed by atoms with Crippen LogP contribution in [0.2, 0.25) is 0 Å². The number of aryl methyl sites for hydroxylation is 1. The Morgan fingerprint density at radius 1 is 1.33 bits per heavy atom. The van der Waals surface area contributed by atoms with Gasteiger partial charge in [-0.3, -0.25) is 4.79 Å². The van der Waals surface area contributed by atoms with Crippen LogP contribution in [-0.2, 0) is 6.42 Å². The van der Waals surface area contributed by atoms with Crippen molar-refractivity contribution in [2.24, 2.45) is 5.73 Å². The van der Waals surface area contributed by atoms with Gasteiger partial charge < -0.3 is 11.1 Å². The van der Waals surface area contributed by atoms with E-state index < -0.39 is 0 Å². The highest BCUT2D eigenvalue weighted by Gasteiger charge is 2.09. The van der Waals surface area contributed by atoms with E-state index in [1.54, 1.807) is 6.07 Å². The van der Waals surface area contributed by atoms with Crippen molar-refractivity contribution in [2.75, 3.05) is 11.9 Å². The number of nitrogens with zero attached hydrogens (tertiary/aromatic N) is 2. The van der Waals surface area contributed by atoms with Crippen molar-refractivity contribution in [3.05, 3.63) is 53.3 Å². The number of nitrogens with one attached hydrogen (secondary N) is 1. The summed E-state index contributed by atoms with van der Waals surface area (Å²) < 4.78 is 0.